The molecule has 0 aromatic rings. The number of likely N-dealkylation sites (tertiary alicyclic amines) is 1. The maximum absolute atomic E-state index is 14.2. The van der Waals surface area contributed by atoms with E-state index in [1.807, 2.05) is 13.8 Å². The monoisotopic (exact) mass is 635 g/mol. The molecule has 0 aromatic carbocycles. The van der Waals surface area contributed by atoms with Gasteiger partial charge in [0.05, 0.1) is 31.7 Å². The Labute approximate surface area is 264 Å². The molecule has 3 fully saturated rings. The van der Waals surface area contributed by atoms with Gasteiger partial charge in [0, 0.05) is 19.5 Å². The first-order valence-corrected chi connectivity index (χ1v) is 16.2. The van der Waals surface area contributed by atoms with Crippen molar-refractivity contribution < 1.29 is 43.0 Å². The molecular weight excluding hydrogens is 586 g/mol. The number of likely N-dealkylation sites (N-methyl/N-ethyl adjacent to an activating group) is 1. The van der Waals surface area contributed by atoms with Crippen molar-refractivity contribution in [3.63, 3.8) is 0 Å². The normalized spacial score (nSPS) is 23.6. The van der Waals surface area contributed by atoms with Crippen LogP contribution in [0.15, 0.2) is 0 Å². The number of piperidine rings is 1. The van der Waals surface area contributed by atoms with Gasteiger partial charge in [0.1, 0.15) is 12.1 Å². The highest BCUT2D eigenvalue weighted by Crippen LogP contribution is 2.56. The Balaban J connectivity index is 1.85. The fraction of sp³-hybridized carbons (Fsp3) is 0.774. The summed E-state index contributed by atoms with van der Waals surface area (Å²) in [6.07, 6.45) is 4.17. The van der Waals surface area contributed by atoms with Gasteiger partial charge in [0.2, 0.25) is 23.5 Å². The first kappa shape index (κ1) is 35.8. The summed E-state index contributed by atoms with van der Waals surface area (Å²) in [5.41, 5.74) is 0. The summed E-state index contributed by atoms with van der Waals surface area (Å²) in [6.45, 7) is 7.32. The van der Waals surface area contributed by atoms with Crippen LogP contribution in [0.1, 0.15) is 72.6 Å². The number of ketones is 1. The summed E-state index contributed by atoms with van der Waals surface area (Å²) in [7, 11) is 1.39. The van der Waals surface area contributed by atoms with Gasteiger partial charge in [-0.3, -0.25) is 28.8 Å². The lowest BCUT2D eigenvalue weighted by Crippen LogP contribution is -2.59. The quantitative estimate of drug-likeness (QED) is 0.148. The van der Waals surface area contributed by atoms with Gasteiger partial charge in [0.25, 0.3) is 5.91 Å². The van der Waals surface area contributed by atoms with Crippen LogP contribution in [-0.4, -0.2) is 97.9 Å². The number of hydrogen-bond acceptors (Lipinski definition) is 9. The number of nitrogens with zero attached hydrogens (tertiary/aromatic N) is 1. The van der Waals surface area contributed by atoms with Gasteiger partial charge in [-0.1, -0.05) is 46.5 Å². The number of ether oxygens (including phenoxy) is 2. The van der Waals surface area contributed by atoms with Gasteiger partial charge in [-0.25, -0.2) is 4.79 Å². The number of rotatable bonds is 15. The summed E-state index contributed by atoms with van der Waals surface area (Å²) in [4.78, 5) is 92.1. The number of nitrogens with one attached hydrogen (secondary N) is 4. The zero-order chi connectivity index (χ0) is 33.3. The van der Waals surface area contributed by atoms with E-state index in [-0.39, 0.29) is 43.9 Å². The van der Waals surface area contributed by atoms with Gasteiger partial charge in [-0.2, -0.15) is 0 Å². The third-order valence-electron chi connectivity index (χ3n) is 8.78. The molecule has 0 radical (unpaired) electrons. The maximum Gasteiger partial charge on any atom is 0.407 e. The van der Waals surface area contributed by atoms with Gasteiger partial charge >= 0.3 is 12.1 Å². The van der Waals surface area contributed by atoms with Crippen molar-refractivity contribution in [1.82, 2.24) is 26.2 Å². The number of carbonyl (C=O) groups is 7. The van der Waals surface area contributed by atoms with E-state index in [1.54, 1.807) is 13.8 Å². The lowest BCUT2D eigenvalue weighted by atomic mass is 9.83. The Morgan fingerprint density at radius 2 is 1.62 bits per heavy atom. The average molecular weight is 636 g/mol. The zero-order valence-corrected chi connectivity index (χ0v) is 27.0. The molecule has 0 spiro atoms. The molecule has 14 nitrogen and oxygen atoms in total. The first-order chi connectivity index (χ1) is 21.4. The van der Waals surface area contributed by atoms with Crippen molar-refractivity contribution >= 4 is 41.5 Å². The lowest BCUT2D eigenvalue weighted by molar-refractivity contribution is -0.149. The summed E-state index contributed by atoms with van der Waals surface area (Å²) >= 11 is 0. The predicted octanol–water partition coefficient (Wildman–Crippen LogP) is 0.670. The van der Waals surface area contributed by atoms with Crippen LogP contribution in [0.3, 0.4) is 0 Å². The lowest BCUT2D eigenvalue weighted by Gasteiger charge is -2.36. The van der Waals surface area contributed by atoms with E-state index in [1.165, 1.54) is 11.9 Å². The Morgan fingerprint density at radius 3 is 2.22 bits per heavy atom. The smallest absolute Gasteiger partial charge is 0.407 e. The maximum atomic E-state index is 14.2. The van der Waals surface area contributed by atoms with Gasteiger partial charge < -0.3 is 35.6 Å². The molecular formula is C31H49N5O9. The van der Waals surface area contributed by atoms with Crippen LogP contribution in [0, 0.1) is 29.6 Å². The fourth-order valence-electron chi connectivity index (χ4n) is 6.48. The molecule has 5 amide bonds. The van der Waals surface area contributed by atoms with Crippen molar-refractivity contribution in [1.29, 1.82) is 0 Å². The Kier molecular flexibility index (Phi) is 13.2. The van der Waals surface area contributed by atoms with Crippen LogP contribution in [0.4, 0.5) is 4.79 Å². The molecule has 14 heteroatoms. The molecule has 0 bridgehead atoms. The van der Waals surface area contributed by atoms with Crippen LogP contribution >= 0.6 is 0 Å². The summed E-state index contributed by atoms with van der Waals surface area (Å²) < 4.78 is 10.6. The van der Waals surface area contributed by atoms with Gasteiger partial charge in [0.15, 0.2) is 0 Å². The molecule has 2 aliphatic carbocycles. The Morgan fingerprint density at radius 1 is 0.933 bits per heavy atom. The minimum atomic E-state index is -1.21. The van der Waals surface area contributed by atoms with E-state index in [0.717, 1.165) is 32.1 Å². The third-order valence-corrected chi connectivity index (χ3v) is 8.78. The largest absolute Gasteiger partial charge is 0.466 e. The van der Waals surface area contributed by atoms with Crippen LogP contribution in [0.25, 0.3) is 0 Å². The van der Waals surface area contributed by atoms with Crippen LogP contribution in [-0.2, 0) is 38.2 Å². The van der Waals surface area contributed by atoms with E-state index < -0.39 is 78.0 Å². The topological polar surface area (TPSA) is 189 Å². The minimum absolute atomic E-state index is 0.0998. The molecule has 6 atom stereocenters. The molecule has 1 heterocycles. The molecule has 3 rings (SSSR count). The average Bonchev–Trinajstić information content (AvgIpc) is 3.59. The van der Waals surface area contributed by atoms with Crippen LogP contribution in [0.2, 0.25) is 0 Å². The SMILES string of the molecule is CCCC(NC(=O)[C@@H]1[C@@H]2[C@H](CN1C(=O)[C@@H](NC(=O)OCC(C)C)C1CCCCC1)[C@H]2C(=O)OCC)C(=O)C(=O)NCC(=O)NC. The van der Waals surface area contributed by atoms with Crippen molar-refractivity contribution in [2.45, 2.75) is 90.8 Å². The highest BCUT2D eigenvalue weighted by Gasteiger charge is 2.68. The number of esters is 1. The summed E-state index contributed by atoms with van der Waals surface area (Å²) in [5.74, 6) is -5.50. The van der Waals surface area contributed by atoms with E-state index >= 15 is 0 Å². The molecule has 0 aromatic heterocycles. The molecule has 1 aliphatic heterocycles. The number of Topliss-reactive ketones (excluding diaryl/α,β-unsaturated/α-hetero) is 1. The number of amides is 5. The second-order valence-corrected chi connectivity index (χ2v) is 12.5. The second kappa shape index (κ2) is 16.6. The van der Waals surface area contributed by atoms with E-state index in [4.69, 9.17) is 9.47 Å². The number of hydrogen-bond donors (Lipinski definition) is 4. The first-order valence-electron chi connectivity index (χ1n) is 16.2. The molecule has 252 valence electrons. The Bertz CT molecular complexity index is 1120. The summed E-state index contributed by atoms with van der Waals surface area (Å²) in [6, 6.07) is -3.25. The minimum Gasteiger partial charge on any atom is -0.466 e. The third kappa shape index (κ3) is 9.16. The standard InChI is InChI=1S/C31H49N5O9/c1-6-11-20(26(38)28(40)33-14-21(37)32-5)34-27(39)25-22-19(23(22)30(42)44-7-2)15-36(25)29(41)24(18-12-9-8-10-13-18)35-31(43)45-16-17(3)4/h17-20,22-25H,6-16H2,1-5H3,(H,32,37)(H,33,40)(H,34,39)(H,35,43)/t19-,20?,22+,23+,24-,25-/m0/s1. The number of carbonyl (C=O) groups excluding carboxylic acids is 7. The zero-order valence-electron chi connectivity index (χ0n) is 27.0. The van der Waals surface area contributed by atoms with Crippen molar-refractivity contribution in [2.75, 3.05) is 33.4 Å². The highest BCUT2D eigenvalue weighted by molar-refractivity contribution is 6.38. The predicted molar refractivity (Wildman–Crippen MR) is 161 cm³/mol. The molecule has 4 N–H and O–H groups in total. The van der Waals surface area contributed by atoms with Crippen LogP contribution < -0.4 is 21.3 Å². The van der Waals surface area contributed by atoms with Crippen molar-refractivity contribution in [3.8, 4) is 0 Å². The van der Waals surface area contributed by atoms with E-state index in [2.05, 4.69) is 21.3 Å². The van der Waals surface area contributed by atoms with E-state index in [9.17, 15) is 33.6 Å². The van der Waals surface area contributed by atoms with Crippen molar-refractivity contribution in [3.05, 3.63) is 0 Å². The molecule has 2 saturated carbocycles. The molecule has 45 heavy (non-hydrogen) atoms. The summed E-state index contributed by atoms with van der Waals surface area (Å²) in [5, 5.41) is 10.0. The van der Waals surface area contributed by atoms with Gasteiger partial charge in [-0.15, -0.1) is 0 Å². The number of alkyl carbamates (subject to hydrolysis) is 1. The number of fused-ring (bicyclic) bond motifs is 1. The van der Waals surface area contributed by atoms with Crippen molar-refractivity contribution in [2.24, 2.45) is 29.6 Å². The van der Waals surface area contributed by atoms with Gasteiger partial charge in [-0.05, 0) is 43.9 Å². The highest BCUT2D eigenvalue weighted by atomic mass is 16.5. The van der Waals surface area contributed by atoms with Crippen LogP contribution in [0.5, 0.6) is 0 Å². The van der Waals surface area contributed by atoms with E-state index in [0.29, 0.717) is 6.42 Å². The Hall–Kier alpha value is -3.71. The molecule has 1 saturated heterocycles. The second-order valence-electron chi connectivity index (χ2n) is 12.5. The fourth-order valence-corrected chi connectivity index (χ4v) is 6.48. The molecule has 3 aliphatic rings. The molecule has 1 unspecified atom stereocenters.